The second kappa shape index (κ2) is 6.58. The van der Waals surface area contributed by atoms with Crippen LogP contribution in [0.1, 0.15) is 29.2 Å². The minimum atomic E-state index is -0.0351. The van der Waals surface area contributed by atoms with Crippen molar-refractivity contribution in [2.75, 3.05) is 11.4 Å². The summed E-state index contributed by atoms with van der Waals surface area (Å²) < 4.78 is 0. The van der Waals surface area contributed by atoms with Gasteiger partial charge in [0.1, 0.15) is 0 Å². The molecule has 0 N–H and O–H groups in total. The number of ketones is 1. The standard InChI is InChI=1S/C14H14N2O2S2/c1-3-16(10(2)17)14-15-11(9-20-14)6-7-12(18)13-5-4-8-19-13/h4-9H,3H2,1-2H3/b7-6+. The number of carbonyl (C=O) groups is 2. The second-order valence-corrected chi connectivity index (χ2v) is 5.78. The summed E-state index contributed by atoms with van der Waals surface area (Å²) >= 11 is 2.81. The fourth-order valence-corrected chi connectivity index (χ4v) is 3.18. The molecule has 6 heteroatoms. The number of anilines is 1. The Bertz CT molecular complexity index is 629. The third kappa shape index (κ3) is 3.40. The van der Waals surface area contributed by atoms with Gasteiger partial charge in [0.2, 0.25) is 5.91 Å². The maximum absolute atomic E-state index is 11.8. The van der Waals surface area contributed by atoms with E-state index in [2.05, 4.69) is 4.98 Å². The number of nitrogens with zero attached hydrogens (tertiary/aromatic N) is 2. The molecule has 0 aliphatic rings. The Kier molecular flexibility index (Phi) is 4.81. The highest BCUT2D eigenvalue weighted by Gasteiger charge is 2.12. The van der Waals surface area contributed by atoms with E-state index in [0.29, 0.717) is 22.2 Å². The molecule has 2 heterocycles. The topological polar surface area (TPSA) is 50.3 Å². The number of thiophene rings is 1. The number of carbonyl (C=O) groups excluding carboxylic acids is 2. The van der Waals surface area contributed by atoms with E-state index in [9.17, 15) is 9.59 Å². The minimum Gasteiger partial charge on any atom is -0.289 e. The van der Waals surface area contributed by atoms with Crippen LogP contribution < -0.4 is 4.90 Å². The van der Waals surface area contributed by atoms with Crippen molar-refractivity contribution in [2.24, 2.45) is 0 Å². The molecule has 0 atom stereocenters. The first-order valence-corrected chi connectivity index (χ1v) is 7.87. The number of hydrogen-bond donors (Lipinski definition) is 0. The van der Waals surface area contributed by atoms with E-state index in [1.807, 2.05) is 23.8 Å². The van der Waals surface area contributed by atoms with Crippen LogP contribution in [0.2, 0.25) is 0 Å². The summed E-state index contributed by atoms with van der Waals surface area (Å²) in [5.41, 5.74) is 0.689. The largest absolute Gasteiger partial charge is 0.289 e. The number of hydrogen-bond acceptors (Lipinski definition) is 5. The van der Waals surface area contributed by atoms with Crippen LogP contribution in [0.3, 0.4) is 0 Å². The van der Waals surface area contributed by atoms with Crippen molar-refractivity contribution < 1.29 is 9.59 Å². The maximum Gasteiger partial charge on any atom is 0.225 e. The lowest BCUT2D eigenvalue weighted by Crippen LogP contribution is -2.27. The van der Waals surface area contributed by atoms with Crippen molar-refractivity contribution in [3.05, 3.63) is 39.5 Å². The van der Waals surface area contributed by atoms with Crippen LogP contribution in [0.15, 0.2) is 29.0 Å². The predicted octanol–water partition coefficient (Wildman–Crippen LogP) is 3.47. The van der Waals surface area contributed by atoms with Crippen molar-refractivity contribution in [3.63, 3.8) is 0 Å². The van der Waals surface area contributed by atoms with Crippen LogP contribution in [0.4, 0.5) is 5.13 Å². The van der Waals surface area contributed by atoms with Gasteiger partial charge in [-0.1, -0.05) is 6.07 Å². The zero-order valence-corrected chi connectivity index (χ0v) is 12.8. The molecule has 20 heavy (non-hydrogen) atoms. The van der Waals surface area contributed by atoms with Gasteiger partial charge in [-0.25, -0.2) is 4.98 Å². The molecule has 2 rings (SSSR count). The van der Waals surface area contributed by atoms with Crippen molar-refractivity contribution in [2.45, 2.75) is 13.8 Å². The van der Waals surface area contributed by atoms with E-state index >= 15 is 0 Å². The fraction of sp³-hybridized carbons (Fsp3) is 0.214. The molecule has 1 amide bonds. The first-order valence-electron chi connectivity index (χ1n) is 6.11. The predicted molar refractivity (Wildman–Crippen MR) is 83.5 cm³/mol. The molecule has 0 radical (unpaired) electrons. The summed E-state index contributed by atoms with van der Waals surface area (Å²) in [4.78, 5) is 29.9. The Morgan fingerprint density at radius 1 is 1.40 bits per heavy atom. The van der Waals surface area contributed by atoms with E-state index in [1.165, 1.54) is 35.7 Å². The van der Waals surface area contributed by atoms with E-state index in [0.717, 1.165) is 0 Å². The molecule has 0 unspecified atom stereocenters. The van der Waals surface area contributed by atoms with Gasteiger partial charge in [0, 0.05) is 18.8 Å². The average molecular weight is 306 g/mol. The lowest BCUT2D eigenvalue weighted by Gasteiger charge is -2.14. The molecule has 2 aromatic heterocycles. The molecule has 0 saturated carbocycles. The number of rotatable bonds is 5. The SMILES string of the molecule is CCN(C(C)=O)c1nc(/C=C/C(=O)c2cccs2)cs1. The quantitative estimate of drug-likeness (QED) is 0.628. The van der Waals surface area contributed by atoms with Gasteiger partial charge in [0.05, 0.1) is 10.6 Å². The van der Waals surface area contributed by atoms with E-state index in [4.69, 9.17) is 0 Å². The van der Waals surface area contributed by atoms with Gasteiger partial charge in [-0.3, -0.25) is 14.5 Å². The molecular formula is C14H14N2O2S2. The zero-order chi connectivity index (χ0) is 14.5. The minimum absolute atomic E-state index is 0.0338. The summed E-state index contributed by atoms with van der Waals surface area (Å²) in [6.07, 6.45) is 3.19. The normalized spacial score (nSPS) is 10.9. The molecular weight excluding hydrogens is 292 g/mol. The number of amides is 1. The lowest BCUT2D eigenvalue weighted by atomic mass is 10.3. The number of allylic oxidation sites excluding steroid dienone is 1. The van der Waals surface area contributed by atoms with E-state index < -0.39 is 0 Å². The first kappa shape index (κ1) is 14.6. The molecule has 4 nitrogen and oxygen atoms in total. The molecule has 0 aromatic carbocycles. The third-order valence-corrected chi connectivity index (χ3v) is 4.37. The van der Waals surface area contributed by atoms with Crippen LogP contribution in [0, 0.1) is 0 Å². The molecule has 0 aliphatic heterocycles. The van der Waals surface area contributed by atoms with Crippen molar-refractivity contribution >= 4 is 45.6 Å². The van der Waals surface area contributed by atoms with Gasteiger partial charge in [0.15, 0.2) is 10.9 Å². The lowest BCUT2D eigenvalue weighted by molar-refractivity contribution is -0.116. The summed E-state index contributed by atoms with van der Waals surface area (Å²) in [6, 6.07) is 3.64. The summed E-state index contributed by atoms with van der Waals surface area (Å²) in [5.74, 6) is -0.0690. The fourth-order valence-electron chi connectivity index (χ4n) is 1.63. The van der Waals surface area contributed by atoms with Crippen molar-refractivity contribution in [3.8, 4) is 0 Å². The second-order valence-electron chi connectivity index (χ2n) is 3.99. The Morgan fingerprint density at radius 3 is 2.80 bits per heavy atom. The first-order chi connectivity index (χ1) is 9.61. The van der Waals surface area contributed by atoms with Gasteiger partial charge in [0.25, 0.3) is 0 Å². The molecule has 0 saturated heterocycles. The smallest absolute Gasteiger partial charge is 0.225 e. The van der Waals surface area contributed by atoms with Gasteiger partial charge >= 0.3 is 0 Å². The number of thiazole rings is 1. The highest BCUT2D eigenvalue weighted by atomic mass is 32.1. The Balaban J connectivity index is 2.10. The molecule has 0 fully saturated rings. The highest BCUT2D eigenvalue weighted by molar-refractivity contribution is 7.14. The van der Waals surface area contributed by atoms with Gasteiger partial charge in [-0.2, -0.15) is 0 Å². The monoisotopic (exact) mass is 306 g/mol. The van der Waals surface area contributed by atoms with Gasteiger partial charge in [-0.05, 0) is 30.5 Å². The summed E-state index contributed by atoms with van der Waals surface area (Å²) in [6.45, 7) is 4.00. The van der Waals surface area contributed by atoms with E-state index in [1.54, 1.807) is 17.0 Å². The summed E-state index contributed by atoms with van der Waals surface area (Å²) in [7, 11) is 0. The zero-order valence-electron chi connectivity index (χ0n) is 11.2. The molecule has 104 valence electrons. The van der Waals surface area contributed by atoms with Gasteiger partial charge in [-0.15, -0.1) is 22.7 Å². The van der Waals surface area contributed by atoms with Crippen LogP contribution >= 0.6 is 22.7 Å². The van der Waals surface area contributed by atoms with Crippen LogP contribution in [-0.4, -0.2) is 23.2 Å². The van der Waals surface area contributed by atoms with Crippen molar-refractivity contribution in [1.82, 2.24) is 4.98 Å². The molecule has 0 spiro atoms. The summed E-state index contributed by atoms with van der Waals surface area (Å²) in [5, 5.41) is 4.36. The van der Waals surface area contributed by atoms with Crippen LogP contribution in [-0.2, 0) is 4.79 Å². The van der Waals surface area contributed by atoms with Crippen molar-refractivity contribution in [1.29, 1.82) is 0 Å². The maximum atomic E-state index is 11.8. The Morgan fingerprint density at radius 2 is 2.20 bits per heavy atom. The molecule has 2 aromatic rings. The molecule has 0 aliphatic carbocycles. The van der Waals surface area contributed by atoms with Crippen LogP contribution in [0.5, 0.6) is 0 Å². The number of aromatic nitrogens is 1. The van der Waals surface area contributed by atoms with Crippen LogP contribution in [0.25, 0.3) is 6.08 Å². The highest BCUT2D eigenvalue weighted by Crippen LogP contribution is 2.21. The average Bonchev–Trinajstić information content (AvgIpc) is 3.08. The third-order valence-electron chi connectivity index (χ3n) is 2.61. The van der Waals surface area contributed by atoms with Gasteiger partial charge < -0.3 is 0 Å². The molecule has 0 bridgehead atoms. The Hall–Kier alpha value is -1.79. The van der Waals surface area contributed by atoms with E-state index in [-0.39, 0.29) is 11.7 Å². The Labute approximate surface area is 125 Å².